The SMILES string of the molecule is COc1ccc(C2(O)CCC(C(F)(F)F)CC2)cc1F. The number of ether oxygens (including phenoxy) is 1. The summed E-state index contributed by atoms with van der Waals surface area (Å²) in [4.78, 5) is 0. The van der Waals surface area contributed by atoms with Crippen molar-refractivity contribution in [2.24, 2.45) is 5.92 Å². The average Bonchev–Trinajstić information content (AvgIpc) is 2.38. The molecule has 1 N–H and O–H groups in total. The maximum atomic E-state index is 13.6. The monoisotopic (exact) mass is 292 g/mol. The predicted molar refractivity (Wildman–Crippen MR) is 64.9 cm³/mol. The van der Waals surface area contributed by atoms with E-state index in [0.29, 0.717) is 5.56 Å². The first kappa shape index (κ1) is 15.1. The molecule has 0 saturated heterocycles. The lowest BCUT2D eigenvalue weighted by Gasteiger charge is -2.37. The lowest BCUT2D eigenvalue weighted by atomic mass is 9.75. The number of hydrogen-bond acceptors (Lipinski definition) is 2. The molecule has 1 aliphatic carbocycles. The highest BCUT2D eigenvalue weighted by molar-refractivity contribution is 5.32. The van der Waals surface area contributed by atoms with Gasteiger partial charge in [-0.15, -0.1) is 0 Å². The molecular weight excluding hydrogens is 276 g/mol. The Kier molecular flexibility index (Phi) is 3.95. The van der Waals surface area contributed by atoms with E-state index in [2.05, 4.69) is 0 Å². The smallest absolute Gasteiger partial charge is 0.391 e. The Morgan fingerprint density at radius 3 is 2.30 bits per heavy atom. The largest absolute Gasteiger partial charge is 0.494 e. The summed E-state index contributed by atoms with van der Waals surface area (Å²) in [6.45, 7) is 0. The van der Waals surface area contributed by atoms with Gasteiger partial charge in [-0.2, -0.15) is 13.2 Å². The van der Waals surface area contributed by atoms with Gasteiger partial charge in [0.1, 0.15) is 0 Å². The van der Waals surface area contributed by atoms with Crippen LogP contribution in [0.15, 0.2) is 18.2 Å². The fourth-order valence-corrected chi connectivity index (χ4v) is 2.67. The van der Waals surface area contributed by atoms with Crippen LogP contribution in [0.1, 0.15) is 31.2 Å². The molecule has 1 saturated carbocycles. The van der Waals surface area contributed by atoms with Crippen LogP contribution in [-0.4, -0.2) is 18.4 Å². The van der Waals surface area contributed by atoms with Gasteiger partial charge in [0.2, 0.25) is 0 Å². The van der Waals surface area contributed by atoms with Crippen LogP contribution in [0.25, 0.3) is 0 Å². The van der Waals surface area contributed by atoms with Gasteiger partial charge >= 0.3 is 6.18 Å². The minimum atomic E-state index is -4.23. The molecule has 0 heterocycles. The minimum Gasteiger partial charge on any atom is -0.494 e. The molecule has 0 unspecified atom stereocenters. The average molecular weight is 292 g/mol. The van der Waals surface area contributed by atoms with Gasteiger partial charge in [0, 0.05) is 0 Å². The van der Waals surface area contributed by atoms with E-state index in [-0.39, 0.29) is 31.4 Å². The van der Waals surface area contributed by atoms with Gasteiger partial charge in [-0.25, -0.2) is 4.39 Å². The molecule has 0 amide bonds. The molecule has 2 rings (SSSR count). The Morgan fingerprint density at radius 1 is 1.25 bits per heavy atom. The van der Waals surface area contributed by atoms with Crippen LogP contribution in [0.5, 0.6) is 5.75 Å². The molecule has 20 heavy (non-hydrogen) atoms. The van der Waals surface area contributed by atoms with Crippen molar-refractivity contribution >= 4 is 0 Å². The molecule has 1 fully saturated rings. The van der Waals surface area contributed by atoms with Crippen molar-refractivity contribution in [2.75, 3.05) is 7.11 Å². The first-order chi connectivity index (χ1) is 9.26. The van der Waals surface area contributed by atoms with Crippen molar-refractivity contribution in [3.63, 3.8) is 0 Å². The van der Waals surface area contributed by atoms with Gasteiger partial charge in [-0.05, 0) is 43.4 Å². The van der Waals surface area contributed by atoms with Crippen LogP contribution in [0.3, 0.4) is 0 Å². The summed E-state index contributed by atoms with van der Waals surface area (Å²) in [7, 11) is 1.32. The molecule has 1 aromatic carbocycles. The molecule has 0 spiro atoms. The molecule has 0 bridgehead atoms. The number of alkyl halides is 3. The molecule has 0 atom stereocenters. The third kappa shape index (κ3) is 2.90. The lowest BCUT2D eigenvalue weighted by molar-refractivity contribution is -0.193. The molecular formula is C14H16F4O2. The highest BCUT2D eigenvalue weighted by atomic mass is 19.4. The number of methoxy groups -OCH3 is 1. The Hall–Kier alpha value is -1.30. The van der Waals surface area contributed by atoms with Crippen LogP contribution in [0.2, 0.25) is 0 Å². The molecule has 6 heteroatoms. The fourth-order valence-electron chi connectivity index (χ4n) is 2.67. The van der Waals surface area contributed by atoms with E-state index in [1.807, 2.05) is 0 Å². The summed E-state index contributed by atoms with van der Waals surface area (Å²) in [6.07, 6.45) is -4.57. The summed E-state index contributed by atoms with van der Waals surface area (Å²) >= 11 is 0. The van der Waals surface area contributed by atoms with Crippen molar-refractivity contribution in [2.45, 2.75) is 37.5 Å². The first-order valence-electron chi connectivity index (χ1n) is 6.39. The van der Waals surface area contributed by atoms with Crippen molar-refractivity contribution in [3.05, 3.63) is 29.6 Å². The van der Waals surface area contributed by atoms with Crippen LogP contribution in [-0.2, 0) is 5.60 Å². The Balaban J connectivity index is 2.15. The van der Waals surface area contributed by atoms with Crippen molar-refractivity contribution in [1.82, 2.24) is 0 Å². The van der Waals surface area contributed by atoms with Crippen LogP contribution < -0.4 is 4.74 Å². The lowest BCUT2D eigenvalue weighted by Crippen LogP contribution is -2.36. The number of benzene rings is 1. The summed E-state index contributed by atoms with van der Waals surface area (Å²) in [5, 5.41) is 10.4. The standard InChI is InChI=1S/C14H16F4O2/c1-20-12-3-2-10(8-11(12)15)13(19)6-4-9(5-7-13)14(16,17)18/h2-3,8-9,19H,4-7H2,1H3. The zero-order valence-electron chi connectivity index (χ0n) is 11.0. The number of rotatable bonds is 2. The molecule has 0 radical (unpaired) electrons. The summed E-state index contributed by atoms with van der Waals surface area (Å²) in [5.41, 5.74) is -1.09. The van der Waals surface area contributed by atoms with E-state index in [1.165, 1.54) is 19.2 Å². The normalized spacial score (nSPS) is 27.4. The Labute approximate surface area is 114 Å². The van der Waals surface area contributed by atoms with Crippen molar-refractivity contribution in [1.29, 1.82) is 0 Å². The van der Waals surface area contributed by atoms with Gasteiger partial charge in [0.15, 0.2) is 11.6 Å². The Morgan fingerprint density at radius 2 is 1.85 bits per heavy atom. The number of aliphatic hydroxyl groups is 1. The fraction of sp³-hybridized carbons (Fsp3) is 0.571. The van der Waals surface area contributed by atoms with Crippen LogP contribution >= 0.6 is 0 Å². The summed E-state index contributed by atoms with van der Waals surface area (Å²) in [5.74, 6) is -1.97. The second kappa shape index (κ2) is 5.24. The van der Waals surface area contributed by atoms with E-state index in [9.17, 15) is 22.7 Å². The van der Waals surface area contributed by atoms with Crippen LogP contribution in [0, 0.1) is 11.7 Å². The third-order valence-electron chi connectivity index (χ3n) is 3.96. The van der Waals surface area contributed by atoms with E-state index in [1.54, 1.807) is 0 Å². The van der Waals surface area contributed by atoms with Gasteiger partial charge < -0.3 is 9.84 Å². The van der Waals surface area contributed by atoms with Crippen molar-refractivity contribution in [3.8, 4) is 5.75 Å². The van der Waals surface area contributed by atoms with Crippen LogP contribution in [0.4, 0.5) is 17.6 Å². The quantitative estimate of drug-likeness (QED) is 0.841. The molecule has 1 aromatic rings. The highest BCUT2D eigenvalue weighted by Crippen LogP contribution is 2.45. The summed E-state index contributed by atoms with van der Waals surface area (Å²) < 4.78 is 56.2. The van der Waals surface area contributed by atoms with Gasteiger partial charge in [0.05, 0.1) is 18.6 Å². The van der Waals surface area contributed by atoms with E-state index >= 15 is 0 Å². The van der Waals surface area contributed by atoms with Gasteiger partial charge in [0.25, 0.3) is 0 Å². The van der Waals surface area contributed by atoms with Gasteiger partial charge in [-0.1, -0.05) is 6.07 Å². The molecule has 1 aliphatic rings. The highest BCUT2D eigenvalue weighted by Gasteiger charge is 2.45. The maximum Gasteiger partial charge on any atom is 0.391 e. The first-order valence-corrected chi connectivity index (χ1v) is 6.39. The molecule has 0 aromatic heterocycles. The minimum absolute atomic E-state index is 0.0249. The van der Waals surface area contributed by atoms with Crippen molar-refractivity contribution < 1.29 is 27.4 Å². The predicted octanol–water partition coefficient (Wildman–Crippen LogP) is 3.77. The topological polar surface area (TPSA) is 29.5 Å². The second-order valence-electron chi connectivity index (χ2n) is 5.20. The molecule has 2 nitrogen and oxygen atoms in total. The third-order valence-corrected chi connectivity index (χ3v) is 3.96. The zero-order valence-corrected chi connectivity index (χ0v) is 11.0. The second-order valence-corrected chi connectivity index (χ2v) is 5.20. The summed E-state index contributed by atoms with van der Waals surface area (Å²) in [6, 6.07) is 4.00. The maximum absolute atomic E-state index is 13.6. The zero-order chi connectivity index (χ0) is 15.0. The molecule has 0 aliphatic heterocycles. The number of halogens is 4. The van der Waals surface area contributed by atoms with E-state index in [0.717, 1.165) is 6.07 Å². The van der Waals surface area contributed by atoms with E-state index < -0.39 is 23.5 Å². The molecule has 112 valence electrons. The van der Waals surface area contributed by atoms with E-state index in [4.69, 9.17) is 4.74 Å². The van der Waals surface area contributed by atoms with Gasteiger partial charge in [-0.3, -0.25) is 0 Å². The Bertz CT molecular complexity index is 477. The number of hydrogen-bond donors (Lipinski definition) is 1.